The third-order valence-electron chi connectivity index (χ3n) is 3.65. The van der Waals surface area contributed by atoms with E-state index in [1.165, 1.54) is 0 Å². The maximum Gasteiger partial charge on any atom is 0.243 e. The molecule has 0 spiro atoms. The lowest BCUT2D eigenvalue weighted by molar-refractivity contribution is -0.115. The highest BCUT2D eigenvalue weighted by molar-refractivity contribution is 14.0. The lowest BCUT2D eigenvalue weighted by Gasteiger charge is -2.23. The minimum Gasteiger partial charge on any atom is -0.347 e. The van der Waals surface area contributed by atoms with Crippen LogP contribution in [0.25, 0.3) is 0 Å². The van der Waals surface area contributed by atoms with Crippen LogP contribution in [-0.2, 0) is 4.79 Å². The smallest absolute Gasteiger partial charge is 0.243 e. The number of hydrogen-bond acceptors (Lipinski definition) is 2. The molecular weight excluding hydrogens is 391 g/mol. The molecule has 0 saturated carbocycles. The number of nitrogens with zero attached hydrogens (tertiary/aromatic N) is 2. The number of guanidine groups is 1. The molecule has 2 rings (SSSR count). The van der Waals surface area contributed by atoms with Crippen LogP contribution >= 0.6 is 24.0 Å². The molecule has 1 aromatic rings. The number of halogens is 1. The number of hydrogen-bond donors (Lipinski definition) is 2. The molecule has 0 aromatic heterocycles. The topological polar surface area (TPSA) is 56.7 Å². The molecule has 1 saturated heterocycles. The van der Waals surface area contributed by atoms with Crippen molar-refractivity contribution in [2.45, 2.75) is 20.3 Å². The fraction of sp³-hybridized carbons (Fsp3) is 0.500. The van der Waals surface area contributed by atoms with Gasteiger partial charge in [-0.05, 0) is 24.0 Å². The van der Waals surface area contributed by atoms with E-state index < -0.39 is 0 Å². The van der Waals surface area contributed by atoms with Crippen LogP contribution in [0.2, 0.25) is 0 Å². The molecule has 2 N–H and O–H groups in total. The summed E-state index contributed by atoms with van der Waals surface area (Å²) in [5.41, 5.74) is 1.12. The standard InChI is InChI=1S/C16H24N4O.HI/c1-16(2)9-10-20(12-16)15(17-3)18-11-14(21)19-13-7-5-4-6-8-13;/h4-8H,9-12H2,1-3H3,(H,17,18)(H,19,21);1H. The van der Waals surface area contributed by atoms with Gasteiger partial charge in [-0.1, -0.05) is 32.0 Å². The van der Waals surface area contributed by atoms with E-state index >= 15 is 0 Å². The van der Waals surface area contributed by atoms with Gasteiger partial charge < -0.3 is 15.5 Å². The second kappa shape index (κ2) is 8.36. The first-order valence-electron chi connectivity index (χ1n) is 7.31. The number of rotatable bonds is 3. The van der Waals surface area contributed by atoms with Crippen LogP contribution < -0.4 is 10.6 Å². The number of anilines is 1. The molecule has 1 aliphatic heterocycles. The number of carbonyl (C=O) groups is 1. The van der Waals surface area contributed by atoms with Crippen LogP contribution in [0.3, 0.4) is 0 Å². The first-order chi connectivity index (χ1) is 10.00. The third-order valence-corrected chi connectivity index (χ3v) is 3.65. The van der Waals surface area contributed by atoms with E-state index in [0.29, 0.717) is 5.41 Å². The number of para-hydroxylation sites is 1. The van der Waals surface area contributed by atoms with Gasteiger partial charge in [-0.3, -0.25) is 9.79 Å². The van der Waals surface area contributed by atoms with Crippen LogP contribution in [0.5, 0.6) is 0 Å². The molecule has 1 aromatic carbocycles. The monoisotopic (exact) mass is 416 g/mol. The zero-order chi connectivity index (χ0) is 15.3. The third kappa shape index (κ3) is 5.47. The molecule has 0 unspecified atom stereocenters. The van der Waals surface area contributed by atoms with Crippen molar-refractivity contribution < 1.29 is 4.79 Å². The van der Waals surface area contributed by atoms with E-state index in [0.717, 1.165) is 31.2 Å². The molecule has 5 nitrogen and oxygen atoms in total. The Hall–Kier alpha value is -1.31. The number of carbonyl (C=O) groups excluding carboxylic acids is 1. The van der Waals surface area contributed by atoms with Crippen molar-refractivity contribution >= 4 is 41.5 Å². The fourth-order valence-corrected chi connectivity index (χ4v) is 2.51. The van der Waals surface area contributed by atoms with Gasteiger partial charge in [0.15, 0.2) is 5.96 Å². The lowest BCUT2D eigenvalue weighted by atomic mass is 9.93. The highest BCUT2D eigenvalue weighted by atomic mass is 127. The van der Waals surface area contributed by atoms with Crippen molar-refractivity contribution in [1.82, 2.24) is 10.2 Å². The van der Waals surface area contributed by atoms with Gasteiger partial charge in [0.05, 0.1) is 6.54 Å². The number of amides is 1. The predicted octanol–water partition coefficient (Wildman–Crippen LogP) is 2.55. The van der Waals surface area contributed by atoms with E-state index in [2.05, 4.69) is 34.4 Å². The van der Waals surface area contributed by atoms with Crippen molar-refractivity contribution in [1.29, 1.82) is 0 Å². The molecule has 122 valence electrons. The minimum atomic E-state index is -0.0687. The Morgan fingerprint density at radius 3 is 2.55 bits per heavy atom. The van der Waals surface area contributed by atoms with E-state index in [-0.39, 0.29) is 36.4 Å². The second-order valence-electron chi connectivity index (χ2n) is 6.15. The summed E-state index contributed by atoms with van der Waals surface area (Å²) >= 11 is 0. The molecule has 1 amide bonds. The number of nitrogens with one attached hydrogen (secondary N) is 2. The zero-order valence-corrected chi connectivity index (χ0v) is 15.8. The van der Waals surface area contributed by atoms with Crippen LogP contribution in [0.15, 0.2) is 35.3 Å². The van der Waals surface area contributed by atoms with Gasteiger partial charge in [0, 0.05) is 25.8 Å². The largest absolute Gasteiger partial charge is 0.347 e. The summed E-state index contributed by atoms with van der Waals surface area (Å²) in [6.45, 7) is 6.67. The summed E-state index contributed by atoms with van der Waals surface area (Å²) in [5.74, 6) is 0.726. The van der Waals surface area contributed by atoms with Crippen molar-refractivity contribution in [3.63, 3.8) is 0 Å². The number of likely N-dealkylation sites (tertiary alicyclic amines) is 1. The molecule has 0 radical (unpaired) electrons. The Labute approximate surface area is 149 Å². The van der Waals surface area contributed by atoms with Gasteiger partial charge in [0.1, 0.15) is 0 Å². The highest BCUT2D eigenvalue weighted by Gasteiger charge is 2.30. The molecule has 0 bridgehead atoms. The quantitative estimate of drug-likeness (QED) is 0.453. The van der Waals surface area contributed by atoms with Crippen LogP contribution in [-0.4, -0.2) is 43.4 Å². The highest BCUT2D eigenvalue weighted by Crippen LogP contribution is 2.28. The minimum absolute atomic E-state index is 0. The van der Waals surface area contributed by atoms with E-state index in [1.54, 1.807) is 7.05 Å². The first kappa shape index (κ1) is 18.7. The van der Waals surface area contributed by atoms with Gasteiger partial charge in [-0.25, -0.2) is 0 Å². The number of benzene rings is 1. The van der Waals surface area contributed by atoms with Crippen LogP contribution in [0.4, 0.5) is 5.69 Å². The molecule has 0 aliphatic carbocycles. The van der Waals surface area contributed by atoms with Crippen molar-refractivity contribution in [2.75, 3.05) is 32.0 Å². The SMILES string of the molecule is CN=C(NCC(=O)Nc1ccccc1)N1CCC(C)(C)C1.I. The molecule has 1 aliphatic rings. The Morgan fingerprint density at radius 1 is 1.32 bits per heavy atom. The summed E-state index contributed by atoms with van der Waals surface area (Å²) in [7, 11) is 1.75. The normalized spacial score (nSPS) is 16.9. The Bertz CT molecular complexity index is 516. The van der Waals surface area contributed by atoms with Gasteiger partial charge in [-0.15, -0.1) is 24.0 Å². The summed E-state index contributed by atoms with van der Waals surface area (Å²) < 4.78 is 0. The molecule has 0 atom stereocenters. The summed E-state index contributed by atoms with van der Waals surface area (Å²) in [6, 6.07) is 9.46. The first-order valence-corrected chi connectivity index (χ1v) is 7.31. The molecular formula is C16H25IN4O. The molecule has 6 heteroatoms. The Morgan fingerprint density at radius 2 is 2.00 bits per heavy atom. The van der Waals surface area contributed by atoms with Crippen LogP contribution in [0.1, 0.15) is 20.3 Å². The van der Waals surface area contributed by atoms with E-state index in [9.17, 15) is 4.79 Å². The summed E-state index contributed by atoms with van der Waals surface area (Å²) in [6.07, 6.45) is 1.14. The van der Waals surface area contributed by atoms with Crippen molar-refractivity contribution in [3.05, 3.63) is 30.3 Å². The molecule has 1 heterocycles. The van der Waals surface area contributed by atoms with E-state index in [1.807, 2.05) is 30.3 Å². The van der Waals surface area contributed by atoms with Crippen LogP contribution in [0, 0.1) is 5.41 Å². The maximum absolute atomic E-state index is 11.9. The average molecular weight is 416 g/mol. The Kier molecular flexibility index (Phi) is 7.12. The van der Waals surface area contributed by atoms with E-state index in [4.69, 9.17) is 0 Å². The summed E-state index contributed by atoms with van der Waals surface area (Å²) in [5, 5.41) is 5.99. The predicted molar refractivity (Wildman–Crippen MR) is 102 cm³/mol. The van der Waals surface area contributed by atoms with Crippen molar-refractivity contribution in [3.8, 4) is 0 Å². The van der Waals surface area contributed by atoms with Gasteiger partial charge >= 0.3 is 0 Å². The lowest BCUT2D eigenvalue weighted by Crippen LogP contribution is -2.43. The average Bonchev–Trinajstić information content (AvgIpc) is 2.81. The Balaban J connectivity index is 0.00000242. The zero-order valence-electron chi connectivity index (χ0n) is 13.4. The van der Waals surface area contributed by atoms with Gasteiger partial charge in [0.2, 0.25) is 5.91 Å². The maximum atomic E-state index is 11.9. The van der Waals surface area contributed by atoms with Gasteiger partial charge in [-0.2, -0.15) is 0 Å². The van der Waals surface area contributed by atoms with Gasteiger partial charge in [0.25, 0.3) is 0 Å². The molecule has 1 fully saturated rings. The number of aliphatic imine (C=N–C) groups is 1. The second-order valence-corrected chi connectivity index (χ2v) is 6.15. The summed E-state index contributed by atoms with van der Waals surface area (Å²) in [4.78, 5) is 18.4. The van der Waals surface area contributed by atoms with Crippen molar-refractivity contribution in [2.24, 2.45) is 10.4 Å². The molecule has 22 heavy (non-hydrogen) atoms. The fourth-order valence-electron chi connectivity index (χ4n) is 2.51.